The third kappa shape index (κ3) is 4.32. The fraction of sp³-hybridized carbons (Fsp3) is 0.207. The molecule has 2 aliphatic rings. The van der Waals surface area contributed by atoms with E-state index in [0.717, 1.165) is 17.5 Å². The summed E-state index contributed by atoms with van der Waals surface area (Å²) in [6.45, 7) is 3.03. The summed E-state index contributed by atoms with van der Waals surface area (Å²) in [5.41, 5.74) is 3.46. The number of nitrogens with zero attached hydrogens (tertiary/aromatic N) is 3. The summed E-state index contributed by atoms with van der Waals surface area (Å²) in [6.07, 6.45) is 0.802. The first-order chi connectivity index (χ1) is 18.6. The van der Waals surface area contributed by atoms with Gasteiger partial charge in [0, 0.05) is 17.7 Å². The first-order valence-corrected chi connectivity index (χ1v) is 12.5. The van der Waals surface area contributed by atoms with Gasteiger partial charge in [0.2, 0.25) is 5.95 Å². The molecule has 9 heteroatoms. The number of anilines is 2. The molecule has 0 saturated heterocycles. The Bertz CT molecular complexity index is 1530. The fourth-order valence-corrected chi connectivity index (χ4v) is 4.75. The molecule has 0 bridgehead atoms. The van der Waals surface area contributed by atoms with Crippen LogP contribution >= 0.6 is 0 Å². The highest BCUT2D eigenvalue weighted by Gasteiger charge is 2.35. The van der Waals surface area contributed by atoms with Gasteiger partial charge in [-0.1, -0.05) is 48.5 Å². The number of aromatic nitrogens is 3. The lowest BCUT2D eigenvalue weighted by molar-refractivity contribution is -0.113. The van der Waals surface area contributed by atoms with Crippen molar-refractivity contribution in [2.75, 3.05) is 31.0 Å². The highest BCUT2D eigenvalue weighted by atomic mass is 16.5. The van der Waals surface area contributed by atoms with Crippen molar-refractivity contribution in [2.45, 2.75) is 19.4 Å². The summed E-state index contributed by atoms with van der Waals surface area (Å²) in [7, 11) is 1.57. The van der Waals surface area contributed by atoms with E-state index in [1.807, 2.05) is 67.6 Å². The minimum atomic E-state index is -0.567. The molecule has 3 aromatic carbocycles. The van der Waals surface area contributed by atoms with Gasteiger partial charge in [0.1, 0.15) is 11.8 Å². The van der Waals surface area contributed by atoms with Crippen molar-refractivity contribution in [2.24, 2.45) is 0 Å². The summed E-state index contributed by atoms with van der Waals surface area (Å²) >= 11 is 0. The summed E-state index contributed by atoms with van der Waals surface area (Å²) in [5, 5.41) is 11.2. The van der Waals surface area contributed by atoms with E-state index in [4.69, 9.17) is 24.3 Å². The van der Waals surface area contributed by atoms with Crippen LogP contribution < -0.4 is 24.8 Å². The molecule has 2 N–H and O–H groups in total. The van der Waals surface area contributed by atoms with Crippen LogP contribution in [0.15, 0.2) is 84.1 Å². The van der Waals surface area contributed by atoms with Crippen molar-refractivity contribution in [3.63, 3.8) is 0 Å². The normalized spacial score (nSPS) is 16.2. The zero-order valence-corrected chi connectivity index (χ0v) is 21.1. The molecule has 192 valence electrons. The van der Waals surface area contributed by atoms with E-state index in [1.54, 1.807) is 23.9 Å². The number of rotatable bonds is 5. The second-order valence-corrected chi connectivity index (χ2v) is 9.05. The second-order valence-electron chi connectivity index (χ2n) is 9.05. The summed E-state index contributed by atoms with van der Waals surface area (Å²) in [4.78, 5) is 18.6. The molecule has 0 saturated carbocycles. The van der Waals surface area contributed by atoms with E-state index in [9.17, 15) is 4.79 Å². The number of carbonyl (C=O) groups excluding carboxylic acids is 1. The lowest BCUT2D eigenvalue weighted by Gasteiger charge is -2.29. The summed E-state index contributed by atoms with van der Waals surface area (Å²) < 4.78 is 19.0. The van der Waals surface area contributed by atoms with Gasteiger partial charge in [-0.2, -0.15) is 4.98 Å². The molecule has 1 aromatic heterocycles. The minimum absolute atomic E-state index is 0.279. The number of nitrogens with one attached hydrogen (secondary N) is 2. The molecule has 0 aliphatic carbocycles. The van der Waals surface area contributed by atoms with Gasteiger partial charge in [-0.25, -0.2) is 4.68 Å². The Hall–Kier alpha value is -4.79. The maximum atomic E-state index is 13.9. The number of ether oxygens (including phenoxy) is 3. The van der Waals surface area contributed by atoms with E-state index >= 15 is 0 Å². The Morgan fingerprint density at radius 2 is 1.79 bits per heavy atom. The van der Waals surface area contributed by atoms with Gasteiger partial charge in [0.15, 0.2) is 17.3 Å². The van der Waals surface area contributed by atoms with Crippen LogP contribution in [0.4, 0.5) is 11.6 Å². The lowest BCUT2D eigenvalue weighted by atomic mass is 9.94. The van der Waals surface area contributed by atoms with E-state index in [0.29, 0.717) is 59.2 Å². The van der Waals surface area contributed by atoms with Crippen LogP contribution in [0.3, 0.4) is 0 Å². The Morgan fingerprint density at radius 1 is 1.03 bits per heavy atom. The molecule has 3 heterocycles. The Labute approximate surface area is 220 Å². The average Bonchev–Trinajstić information content (AvgIpc) is 3.22. The summed E-state index contributed by atoms with van der Waals surface area (Å²) in [6, 6.07) is 22.3. The molecule has 2 aliphatic heterocycles. The van der Waals surface area contributed by atoms with Crippen molar-refractivity contribution >= 4 is 17.5 Å². The molecular formula is C29H27N5O4. The largest absolute Gasteiger partial charge is 0.495 e. The Balaban J connectivity index is 1.46. The average molecular weight is 510 g/mol. The van der Waals surface area contributed by atoms with Gasteiger partial charge in [-0.3, -0.25) is 4.79 Å². The van der Waals surface area contributed by atoms with E-state index in [2.05, 4.69) is 10.6 Å². The first kappa shape index (κ1) is 23.6. The Kier molecular flexibility index (Phi) is 6.17. The molecule has 1 amide bonds. The molecule has 1 atom stereocenters. The Morgan fingerprint density at radius 3 is 2.61 bits per heavy atom. The molecule has 6 rings (SSSR count). The second kappa shape index (κ2) is 9.93. The molecule has 38 heavy (non-hydrogen) atoms. The number of para-hydroxylation sites is 2. The molecule has 9 nitrogen and oxygen atoms in total. The van der Waals surface area contributed by atoms with Crippen molar-refractivity contribution in [3.8, 4) is 28.6 Å². The molecular weight excluding hydrogens is 482 g/mol. The van der Waals surface area contributed by atoms with Gasteiger partial charge >= 0.3 is 0 Å². The first-order valence-electron chi connectivity index (χ1n) is 12.5. The number of benzene rings is 3. The highest BCUT2D eigenvalue weighted by Crippen LogP contribution is 2.40. The molecule has 0 radical (unpaired) electrons. The third-order valence-electron chi connectivity index (χ3n) is 6.57. The topological polar surface area (TPSA) is 99.5 Å². The van der Waals surface area contributed by atoms with Crippen LogP contribution in [0.5, 0.6) is 17.2 Å². The van der Waals surface area contributed by atoms with Gasteiger partial charge in [0.25, 0.3) is 5.91 Å². The predicted molar refractivity (Wildman–Crippen MR) is 144 cm³/mol. The monoisotopic (exact) mass is 509 g/mol. The minimum Gasteiger partial charge on any atom is -0.495 e. The predicted octanol–water partition coefficient (Wildman–Crippen LogP) is 5.04. The standard InChI is InChI=1S/C29H27N5O4/c1-18-25(28(35)31-21-11-6-7-12-22(21)36-2)26(20-13-14-23-24(17-20)38-16-8-15-37-23)34-29(30-18)32-27(33-34)19-9-4-3-5-10-19/h3-7,9-14,17,26H,8,15-16H2,1-2H3,(H,31,35)(H,30,32,33). The van der Waals surface area contributed by atoms with Gasteiger partial charge in [-0.15, -0.1) is 5.10 Å². The van der Waals surface area contributed by atoms with Gasteiger partial charge in [-0.05, 0) is 36.8 Å². The number of amides is 1. The van der Waals surface area contributed by atoms with Gasteiger partial charge < -0.3 is 24.8 Å². The SMILES string of the molecule is COc1ccccc1NC(=O)C1=C(C)Nc2nc(-c3ccccc3)nn2C1c1ccc2c(c1)OCCCO2. The van der Waals surface area contributed by atoms with Crippen molar-refractivity contribution in [1.29, 1.82) is 0 Å². The fourth-order valence-electron chi connectivity index (χ4n) is 4.75. The number of methoxy groups -OCH3 is 1. The number of hydrogen-bond donors (Lipinski definition) is 2. The third-order valence-corrected chi connectivity index (χ3v) is 6.57. The number of hydrogen-bond acceptors (Lipinski definition) is 7. The van der Waals surface area contributed by atoms with Gasteiger partial charge in [0.05, 0.1) is 31.6 Å². The van der Waals surface area contributed by atoms with Crippen LogP contribution in [0.2, 0.25) is 0 Å². The summed E-state index contributed by atoms with van der Waals surface area (Å²) in [5.74, 6) is 2.73. The maximum Gasteiger partial charge on any atom is 0.255 e. The van der Waals surface area contributed by atoms with E-state index in [1.165, 1.54) is 0 Å². The van der Waals surface area contributed by atoms with Crippen LogP contribution in [0.1, 0.15) is 24.9 Å². The number of allylic oxidation sites excluding steroid dienone is 1. The van der Waals surface area contributed by atoms with Crippen LogP contribution in [0, 0.1) is 0 Å². The lowest BCUT2D eigenvalue weighted by Crippen LogP contribution is -2.31. The van der Waals surface area contributed by atoms with E-state index in [-0.39, 0.29) is 5.91 Å². The van der Waals surface area contributed by atoms with Crippen LogP contribution in [-0.2, 0) is 4.79 Å². The number of carbonyl (C=O) groups is 1. The van der Waals surface area contributed by atoms with Crippen molar-refractivity contribution in [1.82, 2.24) is 14.8 Å². The van der Waals surface area contributed by atoms with Crippen molar-refractivity contribution < 1.29 is 19.0 Å². The highest BCUT2D eigenvalue weighted by molar-refractivity contribution is 6.06. The molecule has 0 fully saturated rings. The smallest absolute Gasteiger partial charge is 0.255 e. The van der Waals surface area contributed by atoms with Crippen LogP contribution in [0.25, 0.3) is 11.4 Å². The molecule has 4 aromatic rings. The molecule has 0 spiro atoms. The molecule has 1 unspecified atom stereocenters. The number of fused-ring (bicyclic) bond motifs is 2. The van der Waals surface area contributed by atoms with E-state index < -0.39 is 6.04 Å². The quantitative estimate of drug-likeness (QED) is 0.389. The van der Waals surface area contributed by atoms with Crippen molar-refractivity contribution in [3.05, 3.63) is 89.6 Å². The van der Waals surface area contributed by atoms with Crippen LogP contribution in [-0.4, -0.2) is 41.0 Å². The zero-order valence-electron chi connectivity index (χ0n) is 21.1. The zero-order chi connectivity index (χ0) is 26.1. The maximum absolute atomic E-state index is 13.9.